The van der Waals surface area contributed by atoms with Crippen molar-refractivity contribution in [2.45, 2.75) is 70.6 Å². The average molecular weight is 335 g/mol. The number of unbranched alkanes of at least 4 members (excludes halogenated alkanes) is 7. The molecule has 0 aromatic heterocycles. The molecule has 25 heavy (non-hydrogen) atoms. The van der Waals surface area contributed by atoms with Crippen molar-refractivity contribution >= 4 is 6.08 Å². The van der Waals surface area contributed by atoms with E-state index in [0.29, 0.717) is 5.92 Å². The van der Waals surface area contributed by atoms with Crippen LogP contribution in [0.3, 0.4) is 0 Å². The fourth-order valence-electron chi connectivity index (χ4n) is 3.36. The van der Waals surface area contributed by atoms with Crippen LogP contribution in [0.15, 0.2) is 66.7 Å². The Morgan fingerprint density at radius 1 is 0.680 bits per heavy atom. The zero-order chi connectivity index (χ0) is 17.6. The van der Waals surface area contributed by atoms with Crippen LogP contribution in [0.1, 0.15) is 81.8 Å². The second kappa shape index (κ2) is 12.5. The maximum Gasteiger partial charge on any atom is 0.00213 e. The highest BCUT2D eigenvalue weighted by atomic mass is 14.1. The lowest BCUT2D eigenvalue weighted by Gasteiger charge is -2.13. The lowest BCUT2D eigenvalue weighted by Crippen LogP contribution is -1.95. The predicted molar refractivity (Wildman–Crippen MR) is 112 cm³/mol. The molecule has 0 aliphatic carbocycles. The zero-order valence-electron chi connectivity index (χ0n) is 15.9. The third-order valence-electron chi connectivity index (χ3n) is 4.92. The van der Waals surface area contributed by atoms with Crippen LogP contribution in [0.4, 0.5) is 0 Å². The Kier molecular flexibility index (Phi) is 9.77. The Bertz CT molecular complexity index is 568. The van der Waals surface area contributed by atoms with Gasteiger partial charge in [0.1, 0.15) is 0 Å². The predicted octanol–water partition coefficient (Wildman–Crippen LogP) is 8.01. The summed E-state index contributed by atoms with van der Waals surface area (Å²) in [4.78, 5) is 0. The van der Waals surface area contributed by atoms with Crippen molar-refractivity contribution < 1.29 is 0 Å². The van der Waals surface area contributed by atoms with Crippen LogP contribution in [0.5, 0.6) is 0 Å². The fourth-order valence-corrected chi connectivity index (χ4v) is 3.36. The lowest BCUT2D eigenvalue weighted by atomic mass is 9.92. The molecule has 0 radical (unpaired) electrons. The van der Waals surface area contributed by atoms with E-state index in [4.69, 9.17) is 0 Å². The summed E-state index contributed by atoms with van der Waals surface area (Å²) in [5, 5.41) is 0. The van der Waals surface area contributed by atoms with Gasteiger partial charge in [0, 0.05) is 5.92 Å². The molecule has 2 aromatic rings. The normalized spacial score (nSPS) is 12.5. The first-order chi connectivity index (χ1) is 12.4. The molecule has 0 aliphatic heterocycles. The van der Waals surface area contributed by atoms with Crippen LogP contribution < -0.4 is 0 Å². The molecule has 0 spiro atoms. The third-order valence-corrected chi connectivity index (χ3v) is 4.92. The zero-order valence-corrected chi connectivity index (χ0v) is 15.9. The van der Waals surface area contributed by atoms with E-state index in [1.54, 1.807) is 0 Å². The van der Waals surface area contributed by atoms with Crippen LogP contribution >= 0.6 is 0 Å². The van der Waals surface area contributed by atoms with E-state index in [1.165, 1.54) is 68.9 Å². The van der Waals surface area contributed by atoms with Gasteiger partial charge in [-0.2, -0.15) is 0 Å². The fraction of sp³-hybridized carbons (Fsp3) is 0.440. The van der Waals surface area contributed by atoms with Gasteiger partial charge in [-0.3, -0.25) is 0 Å². The summed E-state index contributed by atoms with van der Waals surface area (Å²) in [6.07, 6.45) is 17.0. The molecule has 2 rings (SSSR count). The lowest BCUT2D eigenvalue weighted by molar-refractivity contribution is 0.554. The summed E-state index contributed by atoms with van der Waals surface area (Å²) < 4.78 is 0. The quantitative estimate of drug-likeness (QED) is 0.345. The molecule has 0 saturated heterocycles. The molecule has 0 amide bonds. The van der Waals surface area contributed by atoms with E-state index in [-0.39, 0.29) is 0 Å². The smallest absolute Gasteiger partial charge is 0.00213 e. The summed E-state index contributed by atoms with van der Waals surface area (Å²) in [6.45, 7) is 2.28. The van der Waals surface area contributed by atoms with Crippen molar-refractivity contribution in [3.05, 3.63) is 77.9 Å². The van der Waals surface area contributed by atoms with Crippen LogP contribution in [-0.2, 0) is 0 Å². The monoisotopic (exact) mass is 334 g/mol. The summed E-state index contributed by atoms with van der Waals surface area (Å²) in [7, 11) is 0. The number of rotatable bonds is 12. The molecule has 0 aliphatic rings. The molecule has 0 bridgehead atoms. The third kappa shape index (κ3) is 8.20. The van der Waals surface area contributed by atoms with Gasteiger partial charge in [0.05, 0.1) is 0 Å². The molecule has 0 saturated carbocycles. The van der Waals surface area contributed by atoms with E-state index < -0.39 is 0 Å². The highest BCUT2D eigenvalue weighted by Gasteiger charge is 2.07. The maximum atomic E-state index is 2.39. The minimum Gasteiger partial charge on any atom is -0.0764 e. The molecule has 134 valence electrons. The molecule has 0 heteroatoms. The van der Waals surface area contributed by atoms with Crippen molar-refractivity contribution in [2.75, 3.05) is 0 Å². The van der Waals surface area contributed by atoms with Gasteiger partial charge < -0.3 is 0 Å². The Morgan fingerprint density at radius 2 is 1.24 bits per heavy atom. The van der Waals surface area contributed by atoms with Crippen molar-refractivity contribution in [1.29, 1.82) is 0 Å². The van der Waals surface area contributed by atoms with Gasteiger partial charge in [-0.05, 0) is 17.5 Å². The first-order valence-corrected chi connectivity index (χ1v) is 10.2. The van der Waals surface area contributed by atoms with Crippen LogP contribution in [0.2, 0.25) is 0 Å². The minimum absolute atomic E-state index is 0.529. The van der Waals surface area contributed by atoms with Gasteiger partial charge in [-0.1, -0.05) is 131 Å². The number of allylic oxidation sites excluding steroid dienone is 1. The van der Waals surface area contributed by atoms with E-state index in [0.717, 1.165) is 0 Å². The van der Waals surface area contributed by atoms with Gasteiger partial charge >= 0.3 is 0 Å². The van der Waals surface area contributed by atoms with E-state index in [9.17, 15) is 0 Å². The molecule has 0 N–H and O–H groups in total. The number of hydrogen-bond donors (Lipinski definition) is 0. The van der Waals surface area contributed by atoms with Crippen LogP contribution in [0.25, 0.3) is 6.08 Å². The molecule has 0 nitrogen and oxygen atoms in total. The molecule has 1 atom stereocenters. The first kappa shape index (κ1) is 19.5. The topological polar surface area (TPSA) is 0 Å². The molecule has 1 unspecified atom stereocenters. The van der Waals surface area contributed by atoms with E-state index in [2.05, 4.69) is 79.7 Å². The Morgan fingerprint density at radius 3 is 1.88 bits per heavy atom. The largest absolute Gasteiger partial charge is 0.0764 e. The van der Waals surface area contributed by atoms with Crippen molar-refractivity contribution in [3.63, 3.8) is 0 Å². The maximum absolute atomic E-state index is 2.39. The summed E-state index contributed by atoms with van der Waals surface area (Å²) in [6, 6.07) is 21.6. The molecular formula is C25H34. The van der Waals surface area contributed by atoms with Gasteiger partial charge in [0.15, 0.2) is 0 Å². The second-order valence-corrected chi connectivity index (χ2v) is 7.05. The van der Waals surface area contributed by atoms with E-state index in [1.807, 2.05) is 0 Å². The summed E-state index contributed by atoms with van der Waals surface area (Å²) in [5.74, 6) is 0.529. The van der Waals surface area contributed by atoms with Gasteiger partial charge in [-0.15, -0.1) is 0 Å². The molecule has 2 aromatic carbocycles. The average Bonchev–Trinajstić information content (AvgIpc) is 2.68. The van der Waals surface area contributed by atoms with Crippen molar-refractivity contribution in [1.82, 2.24) is 0 Å². The Balaban J connectivity index is 1.81. The van der Waals surface area contributed by atoms with Gasteiger partial charge in [0.2, 0.25) is 0 Å². The number of benzene rings is 2. The van der Waals surface area contributed by atoms with Crippen molar-refractivity contribution in [3.8, 4) is 0 Å². The van der Waals surface area contributed by atoms with Gasteiger partial charge in [0.25, 0.3) is 0 Å². The van der Waals surface area contributed by atoms with Crippen molar-refractivity contribution in [2.24, 2.45) is 0 Å². The Hall–Kier alpha value is -1.82. The minimum atomic E-state index is 0.529. The van der Waals surface area contributed by atoms with E-state index >= 15 is 0 Å². The Labute approximate surface area is 155 Å². The highest BCUT2D eigenvalue weighted by molar-refractivity contribution is 5.50. The first-order valence-electron chi connectivity index (χ1n) is 10.2. The SMILES string of the molecule is CCCCCCCCCCC(/C=C/c1ccccc1)c1ccccc1. The molecular weight excluding hydrogens is 300 g/mol. The standard InChI is InChI=1S/C25H34/c1-2-3-4-5-6-7-8-13-20-25(24-18-14-10-15-19-24)22-21-23-16-11-9-12-17-23/h9-12,14-19,21-22,25H,2-8,13,20H2,1H3/b22-21+. The number of hydrogen-bond acceptors (Lipinski definition) is 0. The molecule has 0 fully saturated rings. The highest BCUT2D eigenvalue weighted by Crippen LogP contribution is 2.25. The van der Waals surface area contributed by atoms with Crippen LogP contribution in [-0.4, -0.2) is 0 Å². The summed E-state index contributed by atoms with van der Waals surface area (Å²) >= 11 is 0. The second-order valence-electron chi connectivity index (χ2n) is 7.05. The van der Waals surface area contributed by atoms with Crippen LogP contribution in [0, 0.1) is 0 Å². The van der Waals surface area contributed by atoms with Gasteiger partial charge in [-0.25, -0.2) is 0 Å². The molecule has 0 heterocycles. The summed E-state index contributed by atoms with van der Waals surface area (Å²) in [5.41, 5.74) is 2.73.